The molecule has 1 atom stereocenters. The van der Waals surface area contributed by atoms with Crippen LogP contribution in [0.3, 0.4) is 0 Å². The van der Waals surface area contributed by atoms with Gasteiger partial charge < -0.3 is 5.32 Å². The molecular weight excluding hydrogens is 238 g/mol. The quantitative estimate of drug-likeness (QED) is 0.783. The molecule has 1 aromatic rings. The topological polar surface area (TPSA) is 71.1 Å². The van der Waals surface area contributed by atoms with Gasteiger partial charge in [0.05, 0.1) is 5.75 Å². The molecule has 6 heteroatoms. The molecule has 0 saturated carbocycles. The fraction of sp³-hybridized carbons (Fsp3) is 0.545. The summed E-state index contributed by atoms with van der Waals surface area (Å²) < 4.78 is 26.2. The van der Waals surface area contributed by atoms with E-state index < -0.39 is 10.0 Å². The molecule has 0 amide bonds. The highest BCUT2D eigenvalue weighted by Crippen LogP contribution is 2.10. The number of hydrogen-bond acceptors (Lipinski definition) is 4. The van der Waals surface area contributed by atoms with Crippen LogP contribution in [0.25, 0.3) is 0 Å². The average molecular weight is 255 g/mol. The third-order valence-electron chi connectivity index (χ3n) is 2.86. The monoisotopic (exact) mass is 255 g/mol. The second kappa shape index (κ2) is 5.57. The summed E-state index contributed by atoms with van der Waals surface area (Å²) in [6.45, 7) is 2.06. The molecule has 1 aromatic heterocycles. The van der Waals surface area contributed by atoms with Gasteiger partial charge in [0.15, 0.2) is 0 Å². The van der Waals surface area contributed by atoms with Crippen molar-refractivity contribution in [2.45, 2.75) is 13.0 Å². The van der Waals surface area contributed by atoms with E-state index in [1.807, 2.05) is 0 Å². The Balaban J connectivity index is 1.85. The second-order valence-electron chi connectivity index (χ2n) is 4.32. The molecule has 0 aliphatic carbocycles. The fourth-order valence-electron chi connectivity index (χ4n) is 1.92. The molecule has 2 N–H and O–H groups in total. The number of pyridine rings is 1. The molecule has 2 heterocycles. The SMILES string of the molecule is O=S(=O)(CC1CCNC1)NCc1ccncc1. The van der Waals surface area contributed by atoms with Crippen molar-refractivity contribution in [3.63, 3.8) is 0 Å². The second-order valence-corrected chi connectivity index (χ2v) is 6.17. The highest BCUT2D eigenvalue weighted by molar-refractivity contribution is 7.89. The van der Waals surface area contributed by atoms with Crippen molar-refractivity contribution >= 4 is 10.0 Å². The van der Waals surface area contributed by atoms with Crippen molar-refractivity contribution in [3.8, 4) is 0 Å². The Morgan fingerprint density at radius 2 is 2.18 bits per heavy atom. The summed E-state index contributed by atoms with van der Waals surface area (Å²) in [5, 5.41) is 3.17. The molecule has 1 aliphatic heterocycles. The third kappa shape index (κ3) is 4.07. The van der Waals surface area contributed by atoms with E-state index in [4.69, 9.17) is 0 Å². The summed E-state index contributed by atoms with van der Waals surface area (Å²) in [5.74, 6) is 0.454. The van der Waals surface area contributed by atoms with Crippen LogP contribution in [0.4, 0.5) is 0 Å². The van der Waals surface area contributed by atoms with Crippen LogP contribution in [-0.2, 0) is 16.6 Å². The van der Waals surface area contributed by atoms with Gasteiger partial charge in [0.2, 0.25) is 10.0 Å². The first-order valence-electron chi connectivity index (χ1n) is 5.73. The molecule has 1 unspecified atom stereocenters. The highest BCUT2D eigenvalue weighted by atomic mass is 32.2. The maximum Gasteiger partial charge on any atom is 0.212 e. The molecule has 0 aromatic carbocycles. The number of aromatic nitrogens is 1. The smallest absolute Gasteiger partial charge is 0.212 e. The van der Waals surface area contributed by atoms with Gasteiger partial charge in [-0.05, 0) is 43.1 Å². The molecule has 1 fully saturated rings. The third-order valence-corrected chi connectivity index (χ3v) is 4.36. The van der Waals surface area contributed by atoms with E-state index in [2.05, 4.69) is 15.0 Å². The lowest BCUT2D eigenvalue weighted by Gasteiger charge is -2.10. The van der Waals surface area contributed by atoms with E-state index in [9.17, 15) is 8.42 Å². The predicted molar refractivity (Wildman–Crippen MR) is 65.8 cm³/mol. The van der Waals surface area contributed by atoms with Crippen molar-refractivity contribution < 1.29 is 8.42 Å². The van der Waals surface area contributed by atoms with Crippen LogP contribution in [0.2, 0.25) is 0 Å². The Kier molecular flexibility index (Phi) is 4.09. The number of nitrogens with one attached hydrogen (secondary N) is 2. The molecule has 0 spiro atoms. The normalized spacial score (nSPS) is 20.6. The molecule has 94 valence electrons. The summed E-state index contributed by atoms with van der Waals surface area (Å²) in [7, 11) is -3.17. The number of hydrogen-bond donors (Lipinski definition) is 2. The minimum atomic E-state index is -3.17. The van der Waals surface area contributed by atoms with E-state index in [-0.39, 0.29) is 11.7 Å². The molecule has 0 bridgehead atoms. The van der Waals surface area contributed by atoms with Crippen molar-refractivity contribution in [1.29, 1.82) is 0 Å². The summed E-state index contributed by atoms with van der Waals surface area (Å²) in [5.41, 5.74) is 0.924. The molecule has 0 radical (unpaired) electrons. The van der Waals surface area contributed by atoms with Crippen LogP contribution >= 0.6 is 0 Å². The lowest BCUT2D eigenvalue weighted by Crippen LogP contribution is -2.30. The molecular formula is C11H17N3O2S. The van der Waals surface area contributed by atoms with E-state index in [1.165, 1.54) is 0 Å². The molecule has 1 saturated heterocycles. The van der Waals surface area contributed by atoms with Crippen LogP contribution in [-0.4, -0.2) is 32.2 Å². The first-order valence-corrected chi connectivity index (χ1v) is 7.38. The first-order chi connectivity index (χ1) is 8.16. The Bertz CT molecular complexity index is 441. The van der Waals surface area contributed by atoms with Crippen molar-refractivity contribution in [2.75, 3.05) is 18.8 Å². The van der Waals surface area contributed by atoms with Crippen LogP contribution in [0.15, 0.2) is 24.5 Å². The van der Waals surface area contributed by atoms with E-state index >= 15 is 0 Å². The Morgan fingerprint density at radius 1 is 1.41 bits per heavy atom. The summed E-state index contributed by atoms with van der Waals surface area (Å²) >= 11 is 0. The highest BCUT2D eigenvalue weighted by Gasteiger charge is 2.21. The lowest BCUT2D eigenvalue weighted by atomic mass is 10.2. The van der Waals surface area contributed by atoms with Crippen molar-refractivity contribution in [3.05, 3.63) is 30.1 Å². The predicted octanol–water partition coefficient (Wildman–Crippen LogP) is 0.111. The zero-order valence-electron chi connectivity index (χ0n) is 9.59. The van der Waals surface area contributed by atoms with E-state index in [0.717, 1.165) is 25.1 Å². The largest absolute Gasteiger partial charge is 0.316 e. The van der Waals surface area contributed by atoms with Crippen LogP contribution in [0.5, 0.6) is 0 Å². The minimum absolute atomic E-state index is 0.213. The van der Waals surface area contributed by atoms with Gasteiger partial charge in [-0.1, -0.05) is 0 Å². The van der Waals surface area contributed by atoms with E-state index in [1.54, 1.807) is 24.5 Å². The molecule has 1 aliphatic rings. The number of sulfonamides is 1. The average Bonchev–Trinajstić information content (AvgIpc) is 2.80. The summed E-state index contributed by atoms with van der Waals surface area (Å²) in [6, 6.07) is 3.61. The van der Waals surface area contributed by atoms with Gasteiger partial charge in [-0.3, -0.25) is 4.98 Å². The number of nitrogens with zero attached hydrogens (tertiary/aromatic N) is 1. The van der Waals surface area contributed by atoms with Gasteiger partial charge in [0, 0.05) is 18.9 Å². The minimum Gasteiger partial charge on any atom is -0.316 e. The maximum absolute atomic E-state index is 11.8. The van der Waals surface area contributed by atoms with Gasteiger partial charge >= 0.3 is 0 Å². The zero-order valence-corrected chi connectivity index (χ0v) is 10.4. The molecule has 17 heavy (non-hydrogen) atoms. The van der Waals surface area contributed by atoms with Crippen LogP contribution < -0.4 is 10.0 Å². The first kappa shape index (κ1) is 12.5. The summed E-state index contributed by atoms with van der Waals surface area (Å²) in [4.78, 5) is 3.89. The van der Waals surface area contributed by atoms with Gasteiger partial charge in [0.25, 0.3) is 0 Å². The van der Waals surface area contributed by atoms with E-state index in [0.29, 0.717) is 6.54 Å². The Hall–Kier alpha value is -0.980. The summed E-state index contributed by atoms with van der Waals surface area (Å²) in [6.07, 6.45) is 4.26. The van der Waals surface area contributed by atoms with Gasteiger partial charge in [0.1, 0.15) is 0 Å². The molecule has 2 rings (SSSR count). The number of rotatable bonds is 5. The van der Waals surface area contributed by atoms with Gasteiger partial charge in [-0.25, -0.2) is 13.1 Å². The lowest BCUT2D eigenvalue weighted by molar-refractivity contribution is 0.557. The van der Waals surface area contributed by atoms with Crippen LogP contribution in [0.1, 0.15) is 12.0 Å². The van der Waals surface area contributed by atoms with Gasteiger partial charge in [-0.2, -0.15) is 0 Å². The Labute approximate surface area is 102 Å². The van der Waals surface area contributed by atoms with Crippen molar-refractivity contribution in [2.24, 2.45) is 5.92 Å². The standard InChI is InChI=1S/C11H17N3O2S/c15-17(16,9-11-3-6-13-7-11)14-8-10-1-4-12-5-2-10/h1-2,4-5,11,13-14H,3,6-9H2. The molecule has 5 nitrogen and oxygen atoms in total. The zero-order chi connectivity index (χ0) is 12.1. The Morgan fingerprint density at radius 3 is 2.82 bits per heavy atom. The fourth-order valence-corrected chi connectivity index (χ4v) is 3.33. The maximum atomic E-state index is 11.8. The van der Waals surface area contributed by atoms with Crippen molar-refractivity contribution in [1.82, 2.24) is 15.0 Å². The van der Waals surface area contributed by atoms with Crippen LogP contribution in [0, 0.1) is 5.92 Å². The van der Waals surface area contributed by atoms with Gasteiger partial charge in [-0.15, -0.1) is 0 Å².